The second-order valence-electron chi connectivity index (χ2n) is 6.79. The highest BCUT2D eigenvalue weighted by Gasteiger charge is 2.33. The van der Waals surface area contributed by atoms with Crippen LogP contribution in [0.3, 0.4) is 0 Å². The minimum atomic E-state index is -1.73. The zero-order valence-electron chi connectivity index (χ0n) is 14.5. The Kier molecular flexibility index (Phi) is 8.09. The first-order valence-corrected chi connectivity index (χ1v) is 10.3. The van der Waals surface area contributed by atoms with Crippen molar-refractivity contribution in [2.45, 2.75) is 62.0 Å². The lowest BCUT2D eigenvalue weighted by atomic mass is 9.85. The summed E-state index contributed by atoms with van der Waals surface area (Å²) in [5.74, 6) is 0.834. The molecule has 0 radical (unpaired) electrons. The van der Waals surface area contributed by atoms with Crippen molar-refractivity contribution < 1.29 is 0 Å². The Hall–Kier alpha value is -0.260. The molecule has 2 rings (SSSR count). The van der Waals surface area contributed by atoms with Crippen LogP contribution in [0.1, 0.15) is 51.0 Å². The van der Waals surface area contributed by atoms with Gasteiger partial charge in [0, 0.05) is 12.6 Å². The van der Waals surface area contributed by atoms with Gasteiger partial charge in [-0.25, -0.2) is 0 Å². The molecule has 3 nitrogen and oxygen atoms in total. The van der Waals surface area contributed by atoms with Gasteiger partial charge in [-0.2, -0.15) is 0 Å². The fraction of sp³-hybridized carbons (Fsp3) is 0.611. The summed E-state index contributed by atoms with van der Waals surface area (Å²) >= 11 is 23.3. The number of halogens is 3. The van der Waals surface area contributed by atoms with Crippen LogP contribution in [0, 0.1) is 5.92 Å². The largest absolute Gasteiger partial charge is 0.376 e. The summed E-state index contributed by atoms with van der Waals surface area (Å²) in [5.41, 5.74) is 7.50. The Morgan fingerprint density at radius 1 is 1.28 bits per heavy atom. The van der Waals surface area contributed by atoms with E-state index in [0.29, 0.717) is 18.3 Å². The molecule has 7 heteroatoms. The van der Waals surface area contributed by atoms with Crippen molar-refractivity contribution in [1.82, 2.24) is 5.32 Å². The zero-order valence-corrected chi connectivity index (χ0v) is 17.6. The lowest BCUT2D eigenvalue weighted by Gasteiger charge is -2.32. The highest BCUT2D eigenvalue weighted by Crippen LogP contribution is 2.37. The third-order valence-corrected chi connectivity index (χ3v) is 5.45. The van der Waals surface area contributed by atoms with E-state index in [1.165, 1.54) is 43.4 Å². The molecule has 1 unspecified atom stereocenters. The van der Waals surface area contributed by atoms with Crippen LogP contribution in [0.15, 0.2) is 24.3 Å². The highest BCUT2D eigenvalue weighted by molar-refractivity contribution is 7.80. The third kappa shape index (κ3) is 6.44. The fourth-order valence-electron chi connectivity index (χ4n) is 3.55. The molecule has 0 spiro atoms. The Bertz CT molecular complexity index is 571. The van der Waals surface area contributed by atoms with Crippen molar-refractivity contribution in [1.29, 1.82) is 0 Å². The topological polar surface area (TPSA) is 41.3 Å². The molecule has 25 heavy (non-hydrogen) atoms. The molecule has 3 N–H and O–H groups in total. The van der Waals surface area contributed by atoms with E-state index in [9.17, 15) is 0 Å². The van der Waals surface area contributed by atoms with E-state index in [0.717, 1.165) is 11.5 Å². The van der Waals surface area contributed by atoms with Crippen molar-refractivity contribution in [2.75, 3.05) is 4.90 Å². The molecule has 0 aliphatic heterocycles. The van der Waals surface area contributed by atoms with Crippen molar-refractivity contribution in [2.24, 2.45) is 11.7 Å². The number of benzene rings is 1. The van der Waals surface area contributed by atoms with E-state index in [-0.39, 0.29) is 5.11 Å². The van der Waals surface area contributed by atoms with Crippen molar-refractivity contribution in [3.63, 3.8) is 0 Å². The predicted octanol–water partition coefficient (Wildman–Crippen LogP) is 5.51. The highest BCUT2D eigenvalue weighted by atomic mass is 35.6. The van der Waals surface area contributed by atoms with Gasteiger partial charge in [-0.05, 0) is 43.1 Å². The maximum atomic E-state index is 6.06. The number of rotatable bonds is 6. The first-order chi connectivity index (χ1) is 11.8. The van der Waals surface area contributed by atoms with Gasteiger partial charge in [0.15, 0.2) is 5.11 Å². The molecule has 1 aromatic rings. The first-order valence-electron chi connectivity index (χ1n) is 8.76. The van der Waals surface area contributed by atoms with E-state index in [4.69, 9.17) is 52.8 Å². The summed E-state index contributed by atoms with van der Waals surface area (Å²) < 4.78 is -1.73. The molecule has 1 aliphatic carbocycles. The van der Waals surface area contributed by atoms with Crippen molar-refractivity contribution in [3.05, 3.63) is 29.8 Å². The maximum absolute atomic E-state index is 6.06. The maximum Gasteiger partial charge on any atom is 0.274 e. The molecule has 0 bridgehead atoms. The number of alkyl halides is 3. The quantitative estimate of drug-likeness (QED) is 0.360. The number of nitrogens with two attached hydrogens (primary N) is 1. The van der Waals surface area contributed by atoms with Gasteiger partial charge >= 0.3 is 0 Å². The Balaban J connectivity index is 2.03. The smallest absolute Gasteiger partial charge is 0.274 e. The number of para-hydroxylation sites is 1. The average molecular weight is 423 g/mol. The van der Waals surface area contributed by atoms with Crippen LogP contribution < -0.4 is 16.0 Å². The minimum Gasteiger partial charge on any atom is -0.376 e. The molecule has 140 valence electrons. The van der Waals surface area contributed by atoms with Gasteiger partial charge in [-0.15, -0.1) is 0 Å². The minimum absolute atomic E-state index is 0.0303. The normalized spacial score (nSPS) is 17.3. The monoisotopic (exact) mass is 421 g/mol. The Labute approximate surface area is 171 Å². The summed E-state index contributed by atoms with van der Waals surface area (Å²) in [6.45, 7) is 2.90. The number of anilines is 1. The lowest BCUT2D eigenvalue weighted by Crippen LogP contribution is -2.45. The van der Waals surface area contributed by atoms with Crippen LogP contribution in [-0.2, 0) is 6.54 Å². The van der Waals surface area contributed by atoms with Crippen LogP contribution in [-0.4, -0.2) is 15.1 Å². The Morgan fingerprint density at radius 3 is 2.52 bits per heavy atom. The molecular formula is C18H26Cl3N3S. The summed E-state index contributed by atoms with van der Waals surface area (Å²) in [4.78, 5) is 1.36. The molecule has 0 aromatic heterocycles. The summed E-state index contributed by atoms with van der Waals surface area (Å²) in [6, 6.07) is 8.14. The molecule has 0 amide bonds. The van der Waals surface area contributed by atoms with Gasteiger partial charge in [0.1, 0.15) is 0 Å². The molecule has 1 atom stereocenters. The van der Waals surface area contributed by atoms with Crippen LogP contribution in [0.4, 0.5) is 5.69 Å². The molecule has 0 heterocycles. The summed E-state index contributed by atoms with van der Waals surface area (Å²) in [7, 11) is 0. The van der Waals surface area contributed by atoms with Gasteiger partial charge in [-0.3, -0.25) is 4.90 Å². The van der Waals surface area contributed by atoms with Crippen LogP contribution >= 0.6 is 47.0 Å². The van der Waals surface area contributed by atoms with E-state index in [2.05, 4.69) is 12.2 Å². The van der Waals surface area contributed by atoms with Gasteiger partial charge < -0.3 is 11.1 Å². The molecule has 0 saturated heterocycles. The number of hydrogen-bond acceptors (Lipinski definition) is 2. The van der Waals surface area contributed by atoms with Crippen LogP contribution in [0.25, 0.3) is 0 Å². The van der Waals surface area contributed by atoms with E-state index in [1.54, 1.807) is 0 Å². The third-order valence-electron chi connectivity index (χ3n) is 4.76. The summed E-state index contributed by atoms with van der Waals surface area (Å²) in [5, 5.41) is 3.62. The second-order valence-corrected chi connectivity index (χ2v) is 9.43. The fourth-order valence-corrected chi connectivity index (χ4v) is 4.48. The van der Waals surface area contributed by atoms with E-state index < -0.39 is 3.92 Å². The molecular weight excluding hydrogens is 397 g/mol. The summed E-state index contributed by atoms with van der Waals surface area (Å²) in [6.07, 6.45) is 8.03. The SMILES string of the molecule is CC(CC1CCCCC1)NCc1ccccc1N(C(N)=S)C(Cl)(Cl)Cl. The van der Waals surface area contributed by atoms with Crippen molar-refractivity contribution in [3.8, 4) is 0 Å². The molecule has 1 saturated carbocycles. The molecule has 1 fully saturated rings. The van der Waals surface area contributed by atoms with E-state index >= 15 is 0 Å². The Morgan fingerprint density at radius 2 is 1.92 bits per heavy atom. The first kappa shape index (κ1) is 21.0. The zero-order chi connectivity index (χ0) is 18.4. The van der Waals surface area contributed by atoms with Gasteiger partial charge in [0.25, 0.3) is 3.92 Å². The van der Waals surface area contributed by atoms with Gasteiger partial charge in [0.05, 0.1) is 5.69 Å². The van der Waals surface area contributed by atoms with Crippen molar-refractivity contribution >= 4 is 57.8 Å². The number of nitrogens with zero attached hydrogens (tertiary/aromatic N) is 1. The number of hydrogen-bond donors (Lipinski definition) is 2. The van der Waals surface area contributed by atoms with Gasteiger partial charge in [0.2, 0.25) is 0 Å². The van der Waals surface area contributed by atoms with Crippen LogP contribution in [0.2, 0.25) is 0 Å². The number of thiocarbonyl (C=S) groups is 1. The molecule has 1 aliphatic rings. The predicted molar refractivity (Wildman–Crippen MR) is 113 cm³/mol. The molecule has 1 aromatic carbocycles. The van der Waals surface area contributed by atoms with Crippen LogP contribution in [0.5, 0.6) is 0 Å². The second kappa shape index (κ2) is 9.61. The lowest BCUT2D eigenvalue weighted by molar-refractivity contribution is 0.304. The standard InChI is InChI=1S/C18H26Cl3N3S/c1-13(11-14-7-3-2-4-8-14)23-12-15-9-5-6-10-16(15)24(17(22)25)18(19,20)21/h5-6,9-10,13-14,23H,2-4,7-8,11-12H2,1H3,(H2,22,25). The average Bonchev–Trinajstić information content (AvgIpc) is 2.53. The number of nitrogens with one attached hydrogen (secondary N) is 1. The van der Waals surface area contributed by atoms with E-state index in [1.807, 2.05) is 24.3 Å². The van der Waals surface area contributed by atoms with Gasteiger partial charge in [-0.1, -0.05) is 85.1 Å².